The third kappa shape index (κ3) is 4.44. The number of ether oxygens (including phenoxy) is 1. The van der Waals surface area contributed by atoms with Crippen LogP contribution in [0, 0.1) is 0 Å². The van der Waals surface area contributed by atoms with Gasteiger partial charge in [-0.1, -0.05) is 30.3 Å². The van der Waals surface area contributed by atoms with Crippen LogP contribution in [0.5, 0.6) is 0 Å². The predicted molar refractivity (Wildman–Crippen MR) is 88.9 cm³/mol. The van der Waals surface area contributed by atoms with Gasteiger partial charge in [-0.25, -0.2) is 4.79 Å². The van der Waals surface area contributed by atoms with E-state index in [1.165, 1.54) is 20.1 Å². The van der Waals surface area contributed by atoms with Gasteiger partial charge in [-0.2, -0.15) is 0 Å². The SMILES string of the molecule is COC(=O)/C=C/CCNC(=O)C1Cc2ccccc2CN1C(C)=O. The molecule has 1 atom stereocenters. The van der Waals surface area contributed by atoms with Crippen LogP contribution in [-0.2, 0) is 32.1 Å². The summed E-state index contributed by atoms with van der Waals surface area (Å²) in [6.07, 6.45) is 4.00. The first kappa shape index (κ1) is 17.7. The number of benzene rings is 1. The Bertz CT molecular complexity index is 654. The first-order valence-electron chi connectivity index (χ1n) is 7.89. The third-order valence-electron chi connectivity index (χ3n) is 4.02. The number of rotatable bonds is 5. The summed E-state index contributed by atoms with van der Waals surface area (Å²) in [7, 11) is 1.31. The lowest BCUT2D eigenvalue weighted by atomic mass is 9.93. The normalized spacial score (nSPS) is 16.6. The van der Waals surface area contributed by atoms with Crippen LogP contribution in [0.2, 0.25) is 0 Å². The fraction of sp³-hybridized carbons (Fsp3) is 0.389. The Hall–Kier alpha value is -2.63. The molecule has 0 saturated heterocycles. The van der Waals surface area contributed by atoms with E-state index in [0.29, 0.717) is 25.9 Å². The molecule has 1 unspecified atom stereocenters. The minimum atomic E-state index is -0.498. The van der Waals surface area contributed by atoms with Crippen molar-refractivity contribution in [1.82, 2.24) is 10.2 Å². The van der Waals surface area contributed by atoms with Gasteiger partial charge < -0.3 is 15.0 Å². The summed E-state index contributed by atoms with van der Waals surface area (Å²) >= 11 is 0. The fourth-order valence-corrected chi connectivity index (χ4v) is 2.73. The zero-order valence-corrected chi connectivity index (χ0v) is 14.0. The Balaban J connectivity index is 1.95. The number of amides is 2. The Morgan fingerprint density at radius 3 is 2.67 bits per heavy atom. The highest BCUT2D eigenvalue weighted by molar-refractivity contribution is 5.87. The maximum absolute atomic E-state index is 12.5. The monoisotopic (exact) mass is 330 g/mol. The molecule has 0 fully saturated rings. The molecular formula is C18H22N2O4. The van der Waals surface area contributed by atoms with Crippen LogP contribution in [0.3, 0.4) is 0 Å². The van der Waals surface area contributed by atoms with Gasteiger partial charge in [0.1, 0.15) is 6.04 Å². The van der Waals surface area contributed by atoms with Gasteiger partial charge in [0.15, 0.2) is 0 Å². The molecule has 1 aliphatic heterocycles. The fourth-order valence-electron chi connectivity index (χ4n) is 2.73. The van der Waals surface area contributed by atoms with Gasteiger partial charge in [-0.15, -0.1) is 0 Å². The summed E-state index contributed by atoms with van der Waals surface area (Å²) < 4.78 is 4.49. The number of nitrogens with zero attached hydrogens (tertiary/aromatic N) is 1. The molecule has 6 heteroatoms. The number of esters is 1. The van der Waals surface area contributed by atoms with Crippen molar-refractivity contribution in [3.8, 4) is 0 Å². The molecule has 6 nitrogen and oxygen atoms in total. The van der Waals surface area contributed by atoms with Gasteiger partial charge in [0.05, 0.1) is 7.11 Å². The van der Waals surface area contributed by atoms with Crippen molar-refractivity contribution >= 4 is 17.8 Å². The smallest absolute Gasteiger partial charge is 0.330 e. The molecule has 2 amide bonds. The summed E-state index contributed by atoms with van der Waals surface area (Å²) in [5.41, 5.74) is 2.18. The lowest BCUT2D eigenvalue weighted by Gasteiger charge is -2.35. The second-order valence-electron chi connectivity index (χ2n) is 5.64. The molecule has 128 valence electrons. The summed E-state index contributed by atoms with van der Waals surface area (Å²) in [5.74, 6) is -0.714. The lowest BCUT2D eigenvalue weighted by molar-refractivity contribution is -0.140. The van der Waals surface area contributed by atoms with Crippen molar-refractivity contribution in [2.75, 3.05) is 13.7 Å². The second kappa shape index (κ2) is 8.29. The highest BCUT2D eigenvalue weighted by Crippen LogP contribution is 2.23. The topological polar surface area (TPSA) is 75.7 Å². The average molecular weight is 330 g/mol. The van der Waals surface area contributed by atoms with Crippen LogP contribution >= 0.6 is 0 Å². The summed E-state index contributed by atoms with van der Waals surface area (Å²) in [6.45, 7) is 2.33. The van der Waals surface area contributed by atoms with Crippen LogP contribution in [0.4, 0.5) is 0 Å². The molecule has 24 heavy (non-hydrogen) atoms. The number of carbonyl (C=O) groups excluding carboxylic acids is 3. The Kier molecular flexibility index (Phi) is 6.12. The number of hydrogen-bond donors (Lipinski definition) is 1. The molecule has 0 spiro atoms. The van der Waals surface area contributed by atoms with E-state index in [9.17, 15) is 14.4 Å². The largest absolute Gasteiger partial charge is 0.466 e. The minimum absolute atomic E-state index is 0.116. The number of fused-ring (bicyclic) bond motifs is 1. The summed E-state index contributed by atoms with van der Waals surface area (Å²) in [5, 5.41) is 2.82. The first-order valence-corrected chi connectivity index (χ1v) is 7.89. The maximum atomic E-state index is 12.5. The van der Waals surface area contributed by atoms with Crippen molar-refractivity contribution in [3.63, 3.8) is 0 Å². The van der Waals surface area contributed by atoms with Gasteiger partial charge in [0.25, 0.3) is 0 Å². The van der Waals surface area contributed by atoms with Gasteiger partial charge in [0.2, 0.25) is 11.8 Å². The number of methoxy groups -OCH3 is 1. The molecule has 0 radical (unpaired) electrons. The highest BCUT2D eigenvalue weighted by Gasteiger charge is 2.32. The van der Waals surface area contributed by atoms with Gasteiger partial charge in [-0.3, -0.25) is 9.59 Å². The van der Waals surface area contributed by atoms with Gasteiger partial charge in [-0.05, 0) is 17.5 Å². The van der Waals surface area contributed by atoms with E-state index in [2.05, 4.69) is 10.1 Å². The molecule has 0 saturated carbocycles. The van der Waals surface area contributed by atoms with Crippen LogP contribution in [0.1, 0.15) is 24.5 Å². The maximum Gasteiger partial charge on any atom is 0.330 e. The summed E-state index contributed by atoms with van der Waals surface area (Å²) in [4.78, 5) is 36.9. The Morgan fingerprint density at radius 2 is 2.00 bits per heavy atom. The summed E-state index contributed by atoms with van der Waals surface area (Å²) in [6, 6.07) is 7.35. The average Bonchev–Trinajstić information content (AvgIpc) is 2.59. The third-order valence-corrected chi connectivity index (χ3v) is 4.02. The van der Waals surface area contributed by atoms with Crippen molar-refractivity contribution in [2.45, 2.75) is 32.4 Å². The molecular weight excluding hydrogens is 308 g/mol. The van der Waals surface area contributed by atoms with Crippen LogP contribution in [0.25, 0.3) is 0 Å². The zero-order chi connectivity index (χ0) is 17.5. The molecule has 1 N–H and O–H groups in total. The van der Waals surface area contributed by atoms with Crippen LogP contribution < -0.4 is 5.32 Å². The van der Waals surface area contributed by atoms with E-state index in [4.69, 9.17) is 0 Å². The molecule has 1 heterocycles. The van der Waals surface area contributed by atoms with E-state index < -0.39 is 12.0 Å². The van der Waals surface area contributed by atoms with Crippen LogP contribution in [-0.4, -0.2) is 42.4 Å². The molecule has 1 aromatic carbocycles. The quantitative estimate of drug-likeness (QED) is 0.500. The highest BCUT2D eigenvalue weighted by atomic mass is 16.5. The van der Waals surface area contributed by atoms with Crippen molar-refractivity contribution in [2.24, 2.45) is 0 Å². The molecule has 1 aliphatic rings. The molecule has 1 aromatic rings. The predicted octanol–water partition coefficient (Wildman–Crippen LogP) is 1.20. The number of nitrogens with one attached hydrogen (secondary N) is 1. The second-order valence-corrected chi connectivity index (χ2v) is 5.64. The zero-order valence-electron chi connectivity index (χ0n) is 14.0. The minimum Gasteiger partial charge on any atom is -0.466 e. The Labute approximate surface area is 141 Å². The lowest BCUT2D eigenvalue weighted by Crippen LogP contribution is -2.52. The van der Waals surface area contributed by atoms with E-state index in [-0.39, 0.29) is 11.8 Å². The van der Waals surface area contributed by atoms with Gasteiger partial charge in [0, 0.05) is 32.5 Å². The Morgan fingerprint density at radius 1 is 1.29 bits per heavy atom. The molecule has 2 rings (SSSR count). The molecule has 0 aliphatic carbocycles. The van der Waals surface area contributed by atoms with E-state index in [0.717, 1.165) is 11.1 Å². The van der Waals surface area contributed by atoms with Gasteiger partial charge >= 0.3 is 5.97 Å². The standard InChI is InChI=1S/C18H22N2O4/c1-13(21)20-12-15-8-4-3-7-14(15)11-16(20)18(23)19-10-6-5-9-17(22)24-2/h3-5,7-9,16H,6,10-12H2,1-2H3,(H,19,23)/b9-5+. The number of hydrogen-bond acceptors (Lipinski definition) is 4. The molecule has 0 bridgehead atoms. The van der Waals surface area contributed by atoms with Crippen molar-refractivity contribution < 1.29 is 19.1 Å². The van der Waals surface area contributed by atoms with Crippen LogP contribution in [0.15, 0.2) is 36.4 Å². The molecule has 0 aromatic heterocycles. The van der Waals surface area contributed by atoms with E-state index in [1.807, 2.05) is 24.3 Å². The first-order chi connectivity index (χ1) is 11.5. The van der Waals surface area contributed by atoms with Crippen molar-refractivity contribution in [3.05, 3.63) is 47.5 Å². The van der Waals surface area contributed by atoms with E-state index in [1.54, 1.807) is 11.0 Å². The van der Waals surface area contributed by atoms with E-state index >= 15 is 0 Å². The number of carbonyl (C=O) groups is 3. The van der Waals surface area contributed by atoms with Crippen molar-refractivity contribution in [1.29, 1.82) is 0 Å².